The molecule has 2 N–H and O–H groups in total. The summed E-state index contributed by atoms with van der Waals surface area (Å²) in [6.45, 7) is 0. The van der Waals surface area contributed by atoms with Crippen LogP contribution in [0.3, 0.4) is 0 Å². The Bertz CT molecular complexity index is 510. The lowest BCUT2D eigenvalue weighted by molar-refractivity contribution is 0.0997. The molecule has 70 valence electrons. The van der Waals surface area contributed by atoms with E-state index in [0.29, 0.717) is 5.69 Å². The van der Waals surface area contributed by atoms with Crippen LogP contribution in [0.15, 0.2) is 34.9 Å². The summed E-state index contributed by atoms with van der Waals surface area (Å²) in [4.78, 5) is 15.0. The van der Waals surface area contributed by atoms with E-state index in [0.717, 1.165) is 15.2 Å². The van der Waals surface area contributed by atoms with E-state index in [9.17, 15) is 4.79 Å². The first kappa shape index (κ1) is 9.15. The topological polar surface area (TPSA) is 56.0 Å². The number of halogens is 1. The molecule has 0 aliphatic heterocycles. The first-order valence-electron chi connectivity index (χ1n) is 4.02. The van der Waals surface area contributed by atoms with Crippen molar-refractivity contribution in [3.8, 4) is 0 Å². The van der Waals surface area contributed by atoms with Gasteiger partial charge in [0.05, 0.1) is 0 Å². The van der Waals surface area contributed by atoms with Crippen LogP contribution in [0.5, 0.6) is 0 Å². The molecule has 0 unspecified atom stereocenters. The van der Waals surface area contributed by atoms with Crippen molar-refractivity contribution in [1.29, 1.82) is 0 Å². The Kier molecular flexibility index (Phi) is 2.21. The second-order valence-electron chi connectivity index (χ2n) is 2.89. The lowest BCUT2D eigenvalue weighted by Crippen LogP contribution is -2.13. The van der Waals surface area contributed by atoms with Crippen molar-refractivity contribution in [2.24, 2.45) is 5.73 Å². The van der Waals surface area contributed by atoms with Gasteiger partial charge < -0.3 is 5.73 Å². The van der Waals surface area contributed by atoms with Crippen LogP contribution in [-0.4, -0.2) is 10.9 Å². The van der Waals surface area contributed by atoms with Crippen LogP contribution in [0.25, 0.3) is 10.8 Å². The third-order valence-corrected chi connectivity index (χ3v) is 2.45. The summed E-state index contributed by atoms with van der Waals surface area (Å²) in [7, 11) is 0. The lowest BCUT2D eigenvalue weighted by Gasteiger charge is -2.01. The lowest BCUT2D eigenvalue weighted by atomic mass is 10.1. The summed E-state index contributed by atoms with van der Waals surface area (Å²) in [6.07, 6.45) is 1.58. The summed E-state index contributed by atoms with van der Waals surface area (Å²) in [5.74, 6) is -0.506. The van der Waals surface area contributed by atoms with Gasteiger partial charge in [0.2, 0.25) is 0 Å². The minimum absolute atomic E-state index is 0.309. The Morgan fingerprint density at radius 3 is 2.86 bits per heavy atom. The fourth-order valence-electron chi connectivity index (χ4n) is 1.34. The Balaban J connectivity index is 2.84. The Morgan fingerprint density at radius 1 is 1.36 bits per heavy atom. The molecule has 1 aromatic heterocycles. The van der Waals surface area contributed by atoms with Crippen molar-refractivity contribution in [2.45, 2.75) is 0 Å². The van der Waals surface area contributed by atoms with Crippen LogP contribution in [0.2, 0.25) is 0 Å². The number of carbonyl (C=O) groups is 1. The van der Waals surface area contributed by atoms with E-state index < -0.39 is 5.91 Å². The molecule has 2 aromatic rings. The van der Waals surface area contributed by atoms with Crippen LogP contribution < -0.4 is 5.73 Å². The van der Waals surface area contributed by atoms with Gasteiger partial charge >= 0.3 is 0 Å². The molecule has 0 aliphatic rings. The van der Waals surface area contributed by atoms with Crippen LogP contribution >= 0.6 is 15.9 Å². The van der Waals surface area contributed by atoms with Gasteiger partial charge in [0, 0.05) is 16.1 Å². The van der Waals surface area contributed by atoms with E-state index in [2.05, 4.69) is 20.9 Å². The molecule has 4 heteroatoms. The van der Waals surface area contributed by atoms with Gasteiger partial charge in [-0.1, -0.05) is 22.0 Å². The largest absolute Gasteiger partial charge is 0.364 e. The molecule has 3 nitrogen and oxygen atoms in total. The maximum absolute atomic E-state index is 11.1. The smallest absolute Gasteiger partial charge is 0.267 e. The van der Waals surface area contributed by atoms with Crippen LogP contribution in [0.1, 0.15) is 10.5 Å². The molecule has 0 saturated heterocycles. The number of fused-ring (bicyclic) bond motifs is 1. The highest BCUT2D eigenvalue weighted by Crippen LogP contribution is 2.21. The quantitative estimate of drug-likeness (QED) is 0.843. The highest BCUT2D eigenvalue weighted by molar-refractivity contribution is 9.10. The maximum Gasteiger partial charge on any atom is 0.267 e. The van der Waals surface area contributed by atoms with Crippen molar-refractivity contribution < 1.29 is 4.79 Å². The van der Waals surface area contributed by atoms with E-state index in [4.69, 9.17) is 5.73 Å². The molecular formula is C10H7BrN2O. The first-order valence-corrected chi connectivity index (χ1v) is 4.82. The Hall–Kier alpha value is -1.42. The minimum atomic E-state index is -0.506. The van der Waals surface area contributed by atoms with Crippen LogP contribution in [-0.2, 0) is 0 Å². The number of primary amides is 1. The molecule has 2 rings (SSSR count). The van der Waals surface area contributed by atoms with Gasteiger partial charge in [-0.05, 0) is 23.6 Å². The summed E-state index contributed by atoms with van der Waals surface area (Å²) in [6, 6.07) is 7.50. The fraction of sp³-hybridized carbons (Fsp3) is 0. The van der Waals surface area contributed by atoms with Gasteiger partial charge in [-0.2, -0.15) is 0 Å². The zero-order valence-electron chi connectivity index (χ0n) is 7.20. The number of hydrogen-bond acceptors (Lipinski definition) is 2. The third-order valence-electron chi connectivity index (χ3n) is 1.96. The highest BCUT2D eigenvalue weighted by Gasteiger charge is 2.07. The number of pyridine rings is 1. The molecule has 1 aromatic carbocycles. The number of benzene rings is 1. The molecule has 0 radical (unpaired) electrons. The normalized spacial score (nSPS) is 10.4. The van der Waals surface area contributed by atoms with Crippen LogP contribution in [0, 0.1) is 0 Å². The average molecular weight is 251 g/mol. The van der Waals surface area contributed by atoms with E-state index in [1.807, 2.05) is 24.3 Å². The van der Waals surface area contributed by atoms with Gasteiger partial charge in [0.25, 0.3) is 5.91 Å². The van der Waals surface area contributed by atoms with Crippen molar-refractivity contribution >= 4 is 32.6 Å². The van der Waals surface area contributed by atoms with Crippen molar-refractivity contribution in [3.05, 3.63) is 40.6 Å². The van der Waals surface area contributed by atoms with E-state index >= 15 is 0 Å². The SMILES string of the molecule is NC(=O)c1nccc2ccc(Br)cc12. The molecule has 1 heterocycles. The second kappa shape index (κ2) is 3.38. The van der Waals surface area contributed by atoms with Gasteiger partial charge in [-0.15, -0.1) is 0 Å². The Labute approximate surface area is 89.1 Å². The van der Waals surface area contributed by atoms with Gasteiger partial charge in [-0.3, -0.25) is 9.78 Å². The summed E-state index contributed by atoms with van der Waals surface area (Å²) in [5.41, 5.74) is 5.52. The molecule has 1 amide bonds. The number of rotatable bonds is 1. The second-order valence-corrected chi connectivity index (χ2v) is 3.80. The summed E-state index contributed by atoms with van der Waals surface area (Å²) in [5, 5.41) is 1.73. The molecule has 0 aliphatic carbocycles. The molecule has 0 saturated carbocycles. The zero-order valence-corrected chi connectivity index (χ0v) is 8.78. The average Bonchev–Trinajstić information content (AvgIpc) is 2.16. The van der Waals surface area contributed by atoms with Gasteiger partial charge in [-0.25, -0.2) is 0 Å². The predicted molar refractivity (Wildman–Crippen MR) is 58.0 cm³/mol. The van der Waals surface area contributed by atoms with E-state index in [-0.39, 0.29) is 0 Å². The molecular weight excluding hydrogens is 244 g/mol. The number of aromatic nitrogens is 1. The summed E-state index contributed by atoms with van der Waals surface area (Å²) >= 11 is 3.34. The monoisotopic (exact) mass is 250 g/mol. The maximum atomic E-state index is 11.1. The summed E-state index contributed by atoms with van der Waals surface area (Å²) < 4.78 is 0.903. The number of amides is 1. The molecule has 0 atom stereocenters. The zero-order chi connectivity index (χ0) is 10.1. The molecule has 14 heavy (non-hydrogen) atoms. The van der Waals surface area contributed by atoms with Crippen molar-refractivity contribution in [3.63, 3.8) is 0 Å². The number of nitrogens with zero attached hydrogens (tertiary/aromatic N) is 1. The minimum Gasteiger partial charge on any atom is -0.364 e. The number of carbonyl (C=O) groups excluding carboxylic acids is 1. The third kappa shape index (κ3) is 1.48. The van der Waals surface area contributed by atoms with Crippen molar-refractivity contribution in [2.75, 3.05) is 0 Å². The Morgan fingerprint density at radius 2 is 2.14 bits per heavy atom. The predicted octanol–water partition coefficient (Wildman–Crippen LogP) is 2.10. The van der Waals surface area contributed by atoms with E-state index in [1.165, 1.54) is 0 Å². The van der Waals surface area contributed by atoms with Gasteiger partial charge in [0.1, 0.15) is 5.69 Å². The highest BCUT2D eigenvalue weighted by atomic mass is 79.9. The van der Waals surface area contributed by atoms with Crippen molar-refractivity contribution in [1.82, 2.24) is 4.98 Å². The molecule has 0 bridgehead atoms. The molecule has 0 spiro atoms. The number of hydrogen-bond donors (Lipinski definition) is 1. The van der Waals surface area contributed by atoms with Crippen LogP contribution in [0.4, 0.5) is 0 Å². The van der Waals surface area contributed by atoms with Gasteiger partial charge in [0.15, 0.2) is 0 Å². The fourth-order valence-corrected chi connectivity index (χ4v) is 1.70. The standard InChI is InChI=1S/C10H7BrN2O/c11-7-2-1-6-3-4-13-9(10(12)14)8(6)5-7/h1-5H,(H2,12,14). The van der Waals surface area contributed by atoms with E-state index in [1.54, 1.807) is 6.20 Å². The first-order chi connectivity index (χ1) is 6.68. The molecule has 0 fully saturated rings. The number of nitrogens with two attached hydrogens (primary N) is 1.